The number of benzene rings is 2. The van der Waals surface area contributed by atoms with Crippen LogP contribution in [0.25, 0.3) is 10.8 Å². The van der Waals surface area contributed by atoms with Crippen LogP contribution in [0, 0.1) is 5.92 Å². The average Bonchev–Trinajstić information content (AvgIpc) is 3.39. The quantitative estimate of drug-likeness (QED) is 0.296. The third-order valence-corrected chi connectivity index (χ3v) is 6.72. The smallest absolute Gasteiger partial charge is 0.410 e. The fourth-order valence-corrected chi connectivity index (χ4v) is 4.70. The van der Waals surface area contributed by atoms with Gasteiger partial charge in [-0.05, 0) is 56.4 Å². The van der Waals surface area contributed by atoms with Gasteiger partial charge in [0.2, 0.25) is 11.8 Å². The first-order valence-corrected chi connectivity index (χ1v) is 13.2. The molecule has 0 unspecified atom stereocenters. The van der Waals surface area contributed by atoms with E-state index in [4.69, 9.17) is 9.94 Å². The topological polar surface area (TPSA) is 139 Å². The van der Waals surface area contributed by atoms with Crippen molar-refractivity contribution in [2.24, 2.45) is 5.92 Å². The maximum absolute atomic E-state index is 12.8. The fraction of sp³-hybridized carbons (Fsp3) is 0.464. The molecule has 0 spiro atoms. The number of rotatable bonds is 8. The minimum absolute atomic E-state index is 0.00864. The van der Waals surface area contributed by atoms with Crippen LogP contribution in [0.3, 0.4) is 0 Å². The first-order chi connectivity index (χ1) is 18.6. The van der Waals surface area contributed by atoms with Crippen molar-refractivity contribution in [3.05, 3.63) is 59.9 Å². The Hall–Kier alpha value is -3.99. The second-order valence-corrected chi connectivity index (χ2v) is 10.9. The Morgan fingerprint density at radius 3 is 2.51 bits per heavy atom. The Morgan fingerprint density at radius 1 is 1.10 bits per heavy atom. The van der Waals surface area contributed by atoms with Gasteiger partial charge in [0.15, 0.2) is 0 Å². The molecule has 1 aromatic heterocycles. The number of nitrogens with zero attached hydrogens (tertiary/aromatic N) is 4. The van der Waals surface area contributed by atoms with E-state index >= 15 is 0 Å². The molecule has 11 heteroatoms. The summed E-state index contributed by atoms with van der Waals surface area (Å²) in [7, 11) is 0. The summed E-state index contributed by atoms with van der Waals surface area (Å²) in [6.45, 7) is 6.61. The number of fused-ring (bicyclic) bond motifs is 1. The van der Waals surface area contributed by atoms with Gasteiger partial charge in [0.05, 0.1) is 25.2 Å². The summed E-state index contributed by atoms with van der Waals surface area (Å²) in [6, 6.07) is 13.8. The molecule has 2 heterocycles. The summed E-state index contributed by atoms with van der Waals surface area (Å²) in [5.41, 5.74) is 2.72. The summed E-state index contributed by atoms with van der Waals surface area (Å²) >= 11 is 0. The third-order valence-electron chi connectivity index (χ3n) is 6.72. The van der Waals surface area contributed by atoms with Gasteiger partial charge in [-0.25, -0.2) is 15.0 Å². The minimum Gasteiger partial charge on any atom is -0.444 e. The number of amides is 3. The molecule has 1 aliphatic rings. The Kier molecular flexibility index (Phi) is 8.80. The predicted molar refractivity (Wildman–Crippen MR) is 144 cm³/mol. The molecule has 1 fully saturated rings. The number of likely N-dealkylation sites (tertiary alicyclic amines) is 1. The molecule has 1 saturated heterocycles. The van der Waals surface area contributed by atoms with E-state index in [-0.39, 0.29) is 36.9 Å². The van der Waals surface area contributed by atoms with Gasteiger partial charge in [0, 0.05) is 19.0 Å². The Labute approximate surface area is 227 Å². The van der Waals surface area contributed by atoms with Crippen molar-refractivity contribution in [1.29, 1.82) is 0 Å². The first kappa shape index (κ1) is 28.0. The normalized spacial score (nSPS) is 15.1. The van der Waals surface area contributed by atoms with E-state index in [2.05, 4.69) is 21.7 Å². The molecule has 0 radical (unpaired) electrons. The molecule has 4 rings (SSSR count). The largest absolute Gasteiger partial charge is 0.444 e. The first-order valence-electron chi connectivity index (χ1n) is 13.2. The lowest BCUT2D eigenvalue weighted by atomic mass is 9.96. The fourth-order valence-electron chi connectivity index (χ4n) is 4.70. The molecule has 3 amide bonds. The number of hydrogen-bond acceptors (Lipinski definition) is 7. The van der Waals surface area contributed by atoms with E-state index in [1.165, 1.54) is 0 Å². The molecule has 2 aromatic carbocycles. The highest BCUT2D eigenvalue weighted by Gasteiger charge is 2.30. The van der Waals surface area contributed by atoms with Gasteiger partial charge in [-0.1, -0.05) is 47.7 Å². The molecule has 0 saturated carbocycles. The lowest BCUT2D eigenvalue weighted by Gasteiger charge is -2.32. The highest BCUT2D eigenvalue weighted by molar-refractivity contribution is 5.83. The Morgan fingerprint density at radius 2 is 1.82 bits per heavy atom. The van der Waals surface area contributed by atoms with E-state index in [9.17, 15) is 14.4 Å². The van der Waals surface area contributed by atoms with Crippen LogP contribution in [0.4, 0.5) is 4.79 Å². The van der Waals surface area contributed by atoms with Crippen molar-refractivity contribution in [2.75, 3.05) is 13.1 Å². The van der Waals surface area contributed by atoms with E-state index in [0.717, 1.165) is 16.3 Å². The van der Waals surface area contributed by atoms with Crippen molar-refractivity contribution in [1.82, 2.24) is 30.7 Å². The molecule has 3 N–H and O–H groups in total. The summed E-state index contributed by atoms with van der Waals surface area (Å²) in [4.78, 5) is 38.7. The summed E-state index contributed by atoms with van der Waals surface area (Å²) in [5, 5.41) is 22.6. The van der Waals surface area contributed by atoms with Gasteiger partial charge in [-0.3, -0.25) is 14.8 Å². The molecule has 208 valence electrons. The third kappa shape index (κ3) is 7.76. The average molecular weight is 537 g/mol. The monoisotopic (exact) mass is 536 g/mol. The molecule has 39 heavy (non-hydrogen) atoms. The minimum atomic E-state index is -0.556. The molecule has 1 aliphatic heterocycles. The zero-order valence-electron chi connectivity index (χ0n) is 22.6. The van der Waals surface area contributed by atoms with Crippen LogP contribution >= 0.6 is 0 Å². The molecule has 11 nitrogen and oxygen atoms in total. The van der Waals surface area contributed by atoms with Crippen LogP contribution in [0.2, 0.25) is 0 Å². The second kappa shape index (κ2) is 12.2. The number of carbonyl (C=O) groups is 3. The van der Waals surface area contributed by atoms with Gasteiger partial charge >= 0.3 is 6.09 Å². The van der Waals surface area contributed by atoms with Crippen LogP contribution in [-0.2, 0) is 27.3 Å². The molecule has 1 atom stereocenters. The SMILES string of the molecule is CC(C)(C)OC(=O)N1CCC(C(=O)NCc2cn([C@@H](CC(=O)NO)Cc3ccc4ccccc4c3)nn2)CC1. The number of hydrogen-bond donors (Lipinski definition) is 3. The van der Waals surface area contributed by atoms with Gasteiger partial charge in [-0.15, -0.1) is 5.10 Å². The van der Waals surface area contributed by atoms with Gasteiger partial charge in [-0.2, -0.15) is 0 Å². The standard InChI is InChI=1S/C28H36N6O5/c1-28(2,3)39-27(37)33-12-10-21(11-13-33)26(36)29-17-23-18-34(32-30-23)24(16-25(35)31-38)15-19-8-9-20-6-4-5-7-22(20)14-19/h4-9,14,18,21,24,38H,10-13,15-17H2,1-3H3,(H,29,36)(H,31,35)/t24-/m1/s1. The van der Waals surface area contributed by atoms with Gasteiger partial charge in [0.1, 0.15) is 11.3 Å². The highest BCUT2D eigenvalue weighted by Crippen LogP contribution is 2.23. The van der Waals surface area contributed by atoms with Crippen LogP contribution < -0.4 is 10.8 Å². The lowest BCUT2D eigenvalue weighted by Crippen LogP contribution is -2.44. The van der Waals surface area contributed by atoms with Gasteiger partial charge < -0.3 is 15.0 Å². The van der Waals surface area contributed by atoms with E-state index in [1.807, 2.05) is 57.2 Å². The van der Waals surface area contributed by atoms with E-state index in [1.54, 1.807) is 21.3 Å². The molecule has 0 aliphatic carbocycles. The highest BCUT2D eigenvalue weighted by atomic mass is 16.6. The van der Waals surface area contributed by atoms with Crippen molar-refractivity contribution >= 4 is 28.7 Å². The van der Waals surface area contributed by atoms with Crippen molar-refractivity contribution < 1.29 is 24.3 Å². The van der Waals surface area contributed by atoms with Crippen molar-refractivity contribution in [3.8, 4) is 0 Å². The molecule has 0 bridgehead atoms. The van der Waals surface area contributed by atoms with E-state index in [0.29, 0.717) is 38.0 Å². The Balaban J connectivity index is 1.33. The number of aromatic nitrogens is 3. The maximum atomic E-state index is 12.8. The summed E-state index contributed by atoms with van der Waals surface area (Å²) < 4.78 is 7.02. The zero-order chi connectivity index (χ0) is 28.0. The van der Waals surface area contributed by atoms with Crippen molar-refractivity contribution in [3.63, 3.8) is 0 Å². The number of carbonyl (C=O) groups excluding carboxylic acids is 3. The van der Waals surface area contributed by atoms with Crippen LogP contribution in [0.5, 0.6) is 0 Å². The van der Waals surface area contributed by atoms with E-state index < -0.39 is 11.5 Å². The summed E-state index contributed by atoms with van der Waals surface area (Å²) in [5.74, 6) is -0.822. The zero-order valence-corrected chi connectivity index (χ0v) is 22.6. The molecular weight excluding hydrogens is 500 g/mol. The lowest BCUT2D eigenvalue weighted by molar-refractivity contribution is -0.130. The molecule has 3 aromatic rings. The van der Waals surface area contributed by atoms with Crippen LogP contribution in [-0.4, -0.2) is 61.7 Å². The van der Waals surface area contributed by atoms with Gasteiger partial charge in [0.25, 0.3) is 0 Å². The van der Waals surface area contributed by atoms with Crippen LogP contribution in [0.1, 0.15) is 57.3 Å². The molecular formula is C28H36N6O5. The second-order valence-electron chi connectivity index (χ2n) is 10.9. The number of piperidine rings is 1. The van der Waals surface area contributed by atoms with Crippen LogP contribution in [0.15, 0.2) is 48.7 Å². The maximum Gasteiger partial charge on any atom is 0.410 e. The number of hydroxylamine groups is 1. The number of ether oxygens (including phenoxy) is 1. The predicted octanol–water partition coefficient (Wildman–Crippen LogP) is 3.37. The summed E-state index contributed by atoms with van der Waals surface area (Å²) in [6.07, 6.45) is 2.98. The van der Waals surface area contributed by atoms with Crippen molar-refractivity contribution in [2.45, 2.75) is 64.6 Å². The number of nitrogens with one attached hydrogen (secondary N) is 2. The Bertz CT molecular complexity index is 1310.